The molecule has 0 bridgehead atoms. The summed E-state index contributed by atoms with van der Waals surface area (Å²) in [5.41, 5.74) is 2.93. The van der Waals surface area contributed by atoms with E-state index in [-0.39, 0.29) is 42.0 Å². The van der Waals surface area contributed by atoms with Crippen molar-refractivity contribution < 1.29 is 51.4 Å². The van der Waals surface area contributed by atoms with Crippen molar-refractivity contribution in [2.75, 3.05) is 27.4 Å². The maximum atomic E-state index is 13.7. The second kappa shape index (κ2) is 29.6. The van der Waals surface area contributed by atoms with Crippen LogP contribution in [0.25, 0.3) is 0 Å². The van der Waals surface area contributed by atoms with Crippen LogP contribution < -0.4 is 5.32 Å². The van der Waals surface area contributed by atoms with Crippen LogP contribution in [0.4, 0.5) is 4.79 Å². The number of ether oxygens (including phenoxy) is 3. The molecular weight excluding hydrogens is 920 g/mol. The van der Waals surface area contributed by atoms with Crippen molar-refractivity contribution in [2.45, 2.75) is 165 Å². The van der Waals surface area contributed by atoms with Crippen LogP contribution in [0.3, 0.4) is 0 Å². The zero-order chi connectivity index (χ0) is 52.2. The molecule has 1 aromatic heterocycles. The molecule has 0 aliphatic rings. The van der Waals surface area contributed by atoms with Gasteiger partial charge in [0.1, 0.15) is 11.3 Å². The number of alkyl carbamates (subject to hydrolysis) is 1. The number of hydrogen-bond acceptors (Lipinski definition) is 13. The van der Waals surface area contributed by atoms with Gasteiger partial charge >= 0.3 is 19.7 Å². The molecule has 16 heteroatoms. The predicted molar refractivity (Wildman–Crippen MR) is 278 cm³/mol. The Labute approximate surface area is 414 Å². The van der Waals surface area contributed by atoms with Gasteiger partial charge in [-0.25, -0.2) is 9.78 Å². The van der Waals surface area contributed by atoms with E-state index in [1.807, 2.05) is 85.8 Å². The number of methoxy groups -OCH3 is 1. The van der Waals surface area contributed by atoms with Gasteiger partial charge in [0.2, 0.25) is 0 Å². The zero-order valence-corrected chi connectivity index (χ0v) is 47.3. The smallest absolute Gasteiger partial charge is 0.407 e. The minimum Gasteiger partial charge on any atom is -0.455 e. The highest BCUT2D eigenvalue weighted by Gasteiger charge is 2.41. The SMILES string of the molecule is CCOP(=O)(OCC)C(C)C(=O)O[C@H](c1csc([C@H](CC(C)C)OC(=O)NC)n1)[C@@H](C)/C=C/C=C(\C)[C@@H](OC)[C@@H](C)C(=O)/C=C/C(C)=C/C(C)=C/[C@H](C)[C@@H](/C=C(\C)CC=O)O[Si](C)(C)C(C)(C)C. The lowest BCUT2D eigenvalue weighted by Crippen LogP contribution is -2.45. The standard InChI is InChI=1S/C52H85N2O11PSSi/c1-20-61-66(59,62-21-2)42(12)50(57)64-48(43-33-67-49(54-43)46(29-34(3)4)63-51(58)53-16)39(9)24-22-23-38(8)47(60-17)41(11)44(56)26-25-35(5)30-37(7)31-40(10)45(32-36(6)27-28-55)65-68(18,19)52(13,14)15/h22-26,28,30-34,39-42,45-48H,20-21,27,29H2,1-19H3,(H,53,58)/b24-22+,26-25+,35-30+,36-32+,37-31+,38-23+/t39-,40-,41-,42?,45+,46-,47+,48-/m0/s1. The van der Waals surface area contributed by atoms with Crippen LogP contribution in [-0.4, -0.2) is 82.7 Å². The minimum atomic E-state index is -3.85. The van der Waals surface area contributed by atoms with Crippen molar-refractivity contribution in [2.24, 2.45) is 23.7 Å². The average molecular weight is 1010 g/mol. The summed E-state index contributed by atoms with van der Waals surface area (Å²) >= 11 is 1.29. The van der Waals surface area contributed by atoms with Gasteiger partial charge in [-0.05, 0) is 90.6 Å². The quantitative estimate of drug-likeness (QED) is 0.0154. The van der Waals surface area contributed by atoms with E-state index >= 15 is 0 Å². The topological polar surface area (TPSA) is 166 Å². The van der Waals surface area contributed by atoms with Crippen LogP contribution in [0.2, 0.25) is 18.1 Å². The molecule has 1 amide bonds. The minimum absolute atomic E-state index is 0.0248. The van der Waals surface area contributed by atoms with Crippen LogP contribution in [0, 0.1) is 23.7 Å². The number of carbonyl (C=O) groups excluding carboxylic acids is 4. The third-order valence-corrected chi connectivity index (χ3v) is 19.7. The van der Waals surface area contributed by atoms with Crippen molar-refractivity contribution in [1.82, 2.24) is 10.3 Å². The molecule has 1 N–H and O–H groups in total. The lowest BCUT2D eigenvalue weighted by Gasteiger charge is -2.40. The number of nitrogens with one attached hydrogen (secondary N) is 1. The molecule has 0 spiro atoms. The van der Waals surface area contributed by atoms with Crippen molar-refractivity contribution in [3.8, 4) is 0 Å². The monoisotopic (exact) mass is 1000 g/mol. The molecule has 0 aliphatic heterocycles. The number of aromatic nitrogens is 1. The van der Waals surface area contributed by atoms with E-state index in [2.05, 4.69) is 58.3 Å². The fraction of sp³-hybridized carbons (Fsp3) is 0.635. The number of thiazole rings is 1. The summed E-state index contributed by atoms with van der Waals surface area (Å²) in [4.78, 5) is 55.6. The maximum absolute atomic E-state index is 13.7. The Morgan fingerprint density at radius 3 is 2.06 bits per heavy atom. The molecule has 0 aromatic carbocycles. The highest BCUT2D eigenvalue weighted by Crippen LogP contribution is 2.53. The predicted octanol–water partition coefficient (Wildman–Crippen LogP) is 13.2. The average Bonchev–Trinajstić information content (AvgIpc) is 3.73. The van der Waals surface area contributed by atoms with Gasteiger partial charge in [-0.3, -0.25) is 14.2 Å². The summed E-state index contributed by atoms with van der Waals surface area (Å²) in [5.74, 6) is -1.62. The van der Waals surface area contributed by atoms with Gasteiger partial charge in [-0.15, -0.1) is 11.3 Å². The molecule has 0 fully saturated rings. The Bertz CT molecular complexity index is 2020. The molecule has 1 rings (SSSR count). The zero-order valence-electron chi connectivity index (χ0n) is 44.6. The van der Waals surface area contributed by atoms with Gasteiger partial charge < -0.3 is 37.8 Å². The Kier molecular flexibility index (Phi) is 27.2. The van der Waals surface area contributed by atoms with Crippen LogP contribution in [0.15, 0.2) is 76.3 Å². The lowest BCUT2D eigenvalue weighted by molar-refractivity contribution is -0.151. The molecule has 1 aromatic rings. The Hall–Kier alpha value is -3.56. The molecular formula is C52H85N2O11PSSi. The van der Waals surface area contributed by atoms with Gasteiger partial charge in [0.25, 0.3) is 0 Å². The molecule has 384 valence electrons. The highest BCUT2D eigenvalue weighted by atomic mass is 32.1. The second-order valence-electron chi connectivity index (χ2n) is 19.5. The first-order valence-electron chi connectivity index (χ1n) is 23.8. The van der Waals surface area contributed by atoms with E-state index in [1.54, 1.807) is 32.4 Å². The van der Waals surface area contributed by atoms with E-state index in [9.17, 15) is 23.7 Å². The third kappa shape index (κ3) is 20.4. The first-order chi connectivity index (χ1) is 31.6. The fourth-order valence-electron chi connectivity index (χ4n) is 6.94. The molecule has 0 radical (unpaired) electrons. The van der Waals surface area contributed by atoms with E-state index < -0.39 is 63.8 Å². The van der Waals surface area contributed by atoms with Crippen molar-refractivity contribution in [1.29, 1.82) is 0 Å². The van der Waals surface area contributed by atoms with E-state index in [1.165, 1.54) is 25.3 Å². The summed E-state index contributed by atoms with van der Waals surface area (Å²) < 4.78 is 49.0. The normalized spacial score (nSPS) is 17.4. The summed E-state index contributed by atoms with van der Waals surface area (Å²) in [6, 6.07) is 0. The van der Waals surface area contributed by atoms with E-state index in [0.29, 0.717) is 23.5 Å². The number of ketones is 1. The summed E-state index contributed by atoms with van der Waals surface area (Å²) in [6.07, 6.45) is 14.2. The summed E-state index contributed by atoms with van der Waals surface area (Å²) in [7, 11) is -2.90. The number of hydrogen-bond donors (Lipinski definition) is 1. The van der Waals surface area contributed by atoms with Gasteiger partial charge in [0.15, 0.2) is 32.0 Å². The molecule has 8 atom stereocenters. The van der Waals surface area contributed by atoms with Gasteiger partial charge in [-0.1, -0.05) is 115 Å². The number of allylic oxidation sites excluding steroid dienone is 8. The number of rotatable bonds is 29. The van der Waals surface area contributed by atoms with Gasteiger partial charge in [0, 0.05) is 43.7 Å². The highest BCUT2D eigenvalue weighted by molar-refractivity contribution is 7.55. The molecule has 1 heterocycles. The lowest BCUT2D eigenvalue weighted by atomic mass is 9.93. The number of nitrogens with zero attached hydrogens (tertiary/aromatic N) is 1. The number of esters is 1. The summed E-state index contributed by atoms with van der Waals surface area (Å²) in [6.45, 7) is 33.8. The van der Waals surface area contributed by atoms with Crippen LogP contribution in [0.5, 0.6) is 0 Å². The Morgan fingerprint density at radius 2 is 1.53 bits per heavy atom. The van der Waals surface area contributed by atoms with Gasteiger partial charge in [0.05, 0.1) is 31.1 Å². The van der Waals surface area contributed by atoms with E-state index in [4.69, 9.17) is 32.7 Å². The van der Waals surface area contributed by atoms with Crippen LogP contribution in [-0.2, 0) is 46.6 Å². The maximum Gasteiger partial charge on any atom is 0.407 e. The van der Waals surface area contributed by atoms with E-state index in [0.717, 1.165) is 28.6 Å². The molecule has 0 saturated carbocycles. The largest absolute Gasteiger partial charge is 0.455 e. The first-order valence-corrected chi connectivity index (χ1v) is 29.2. The molecule has 13 nitrogen and oxygen atoms in total. The molecule has 0 saturated heterocycles. The van der Waals surface area contributed by atoms with Crippen molar-refractivity contribution in [3.63, 3.8) is 0 Å². The number of aldehydes is 1. The van der Waals surface area contributed by atoms with Crippen molar-refractivity contribution >= 4 is 51.4 Å². The second-order valence-corrected chi connectivity index (χ2v) is 27.5. The Balaban J connectivity index is 3.44. The summed E-state index contributed by atoms with van der Waals surface area (Å²) in [5, 5.41) is 4.83. The van der Waals surface area contributed by atoms with Crippen LogP contribution >= 0.6 is 18.9 Å². The Morgan fingerprint density at radius 1 is 0.912 bits per heavy atom. The molecule has 0 aliphatic carbocycles. The van der Waals surface area contributed by atoms with Crippen molar-refractivity contribution in [3.05, 3.63) is 87.0 Å². The number of amides is 1. The van der Waals surface area contributed by atoms with Gasteiger partial charge in [-0.2, -0.15) is 0 Å². The van der Waals surface area contributed by atoms with Crippen LogP contribution in [0.1, 0.15) is 140 Å². The fourth-order valence-corrected chi connectivity index (χ4v) is 10.7. The third-order valence-electron chi connectivity index (χ3n) is 11.9. The molecule has 1 unspecified atom stereocenters. The first kappa shape index (κ1) is 62.5. The number of carbonyl (C=O) groups is 4. The molecule has 68 heavy (non-hydrogen) atoms.